The molecule has 142 valence electrons. The summed E-state index contributed by atoms with van der Waals surface area (Å²) in [5.74, 6) is 1.92. The third kappa shape index (κ3) is 3.11. The fourth-order valence-corrected chi connectivity index (χ4v) is 2.99. The molecule has 0 aliphatic rings. The number of rotatable bonds is 5. The van der Waals surface area contributed by atoms with Crippen molar-refractivity contribution in [1.82, 2.24) is 20.3 Å². The molecule has 0 amide bonds. The van der Waals surface area contributed by atoms with E-state index in [-0.39, 0.29) is 0 Å². The minimum atomic E-state index is 0.349. The highest BCUT2D eigenvalue weighted by Crippen LogP contribution is 2.37. The van der Waals surface area contributed by atoms with Crippen molar-refractivity contribution >= 4 is 0 Å². The van der Waals surface area contributed by atoms with E-state index in [4.69, 9.17) is 14.0 Å². The molecule has 1 N–H and O–H groups in total. The van der Waals surface area contributed by atoms with Gasteiger partial charge in [-0.05, 0) is 49.2 Å². The third-order valence-electron chi connectivity index (χ3n) is 4.68. The summed E-state index contributed by atoms with van der Waals surface area (Å²) >= 11 is 0. The molecule has 4 aromatic rings. The topological polar surface area (TPSA) is 86.1 Å². The van der Waals surface area contributed by atoms with E-state index in [1.807, 2.05) is 30.3 Å². The van der Waals surface area contributed by atoms with E-state index in [0.717, 1.165) is 11.3 Å². The molecule has 2 aromatic heterocycles. The van der Waals surface area contributed by atoms with E-state index < -0.39 is 0 Å². The van der Waals surface area contributed by atoms with E-state index in [2.05, 4.69) is 46.3 Å². The molecule has 28 heavy (non-hydrogen) atoms. The number of methoxy groups -OCH3 is 2. The summed E-state index contributed by atoms with van der Waals surface area (Å²) < 4.78 is 16.2. The van der Waals surface area contributed by atoms with Gasteiger partial charge in [-0.2, -0.15) is 10.1 Å². The summed E-state index contributed by atoms with van der Waals surface area (Å²) in [6.45, 7) is 4.17. The third-order valence-corrected chi connectivity index (χ3v) is 4.68. The molecule has 0 saturated heterocycles. The van der Waals surface area contributed by atoms with Crippen LogP contribution >= 0.6 is 0 Å². The van der Waals surface area contributed by atoms with Gasteiger partial charge in [0, 0.05) is 5.56 Å². The molecule has 0 fully saturated rings. The van der Waals surface area contributed by atoms with E-state index >= 15 is 0 Å². The normalized spacial score (nSPS) is 10.9. The maximum Gasteiger partial charge on any atom is 0.276 e. The van der Waals surface area contributed by atoms with E-state index in [0.29, 0.717) is 34.5 Å². The van der Waals surface area contributed by atoms with Gasteiger partial charge in [-0.3, -0.25) is 5.10 Å². The quantitative estimate of drug-likeness (QED) is 0.555. The molecule has 0 aliphatic carbocycles. The van der Waals surface area contributed by atoms with Gasteiger partial charge in [0.15, 0.2) is 11.5 Å². The molecule has 2 aromatic carbocycles. The predicted octanol–water partition coefficient (Wildman–Crippen LogP) is 4.43. The van der Waals surface area contributed by atoms with Crippen molar-refractivity contribution in [2.45, 2.75) is 13.8 Å². The average Bonchev–Trinajstić information content (AvgIpc) is 3.39. The van der Waals surface area contributed by atoms with Crippen molar-refractivity contribution in [2.75, 3.05) is 14.2 Å². The van der Waals surface area contributed by atoms with Crippen LogP contribution in [0.2, 0.25) is 0 Å². The van der Waals surface area contributed by atoms with Crippen molar-refractivity contribution in [1.29, 1.82) is 0 Å². The van der Waals surface area contributed by atoms with Gasteiger partial charge in [0.2, 0.25) is 5.82 Å². The molecule has 2 heterocycles. The molecule has 0 spiro atoms. The Balaban J connectivity index is 1.68. The highest BCUT2D eigenvalue weighted by atomic mass is 16.5. The van der Waals surface area contributed by atoms with Gasteiger partial charge in [0.1, 0.15) is 5.69 Å². The summed E-state index contributed by atoms with van der Waals surface area (Å²) in [4.78, 5) is 4.49. The smallest absolute Gasteiger partial charge is 0.276 e. The number of H-pyrrole nitrogens is 1. The van der Waals surface area contributed by atoms with E-state index in [1.165, 1.54) is 11.1 Å². The molecular formula is C21H20N4O3. The highest BCUT2D eigenvalue weighted by Gasteiger charge is 2.19. The molecule has 0 radical (unpaired) electrons. The SMILES string of the molecule is COc1cccc(-c2noc(-c3cc(-c4ccc(C)c(C)c4)n[nH]3)n2)c1OC. The summed E-state index contributed by atoms with van der Waals surface area (Å²) in [7, 11) is 3.16. The summed E-state index contributed by atoms with van der Waals surface area (Å²) in [5.41, 5.74) is 5.64. The van der Waals surface area contributed by atoms with E-state index in [9.17, 15) is 0 Å². The lowest BCUT2D eigenvalue weighted by Crippen LogP contribution is -1.94. The van der Waals surface area contributed by atoms with E-state index in [1.54, 1.807) is 14.2 Å². The summed E-state index contributed by atoms with van der Waals surface area (Å²) in [6.07, 6.45) is 0. The minimum absolute atomic E-state index is 0.349. The van der Waals surface area contributed by atoms with Gasteiger partial charge in [-0.25, -0.2) is 0 Å². The largest absolute Gasteiger partial charge is 0.493 e. The Kier molecular flexibility index (Phi) is 4.57. The van der Waals surface area contributed by atoms with Crippen molar-refractivity contribution < 1.29 is 14.0 Å². The van der Waals surface area contributed by atoms with Gasteiger partial charge in [-0.1, -0.05) is 23.4 Å². The Hall–Kier alpha value is -3.61. The predicted molar refractivity (Wildman–Crippen MR) is 105 cm³/mol. The lowest BCUT2D eigenvalue weighted by atomic mass is 10.0. The molecule has 0 atom stereocenters. The van der Waals surface area contributed by atoms with Crippen LogP contribution in [0.4, 0.5) is 0 Å². The first kappa shape index (κ1) is 17.8. The Bertz CT molecular complexity index is 1130. The Labute approximate surface area is 162 Å². The Morgan fingerprint density at radius 2 is 1.82 bits per heavy atom. The first-order valence-corrected chi connectivity index (χ1v) is 8.79. The number of aryl methyl sites for hydroxylation is 2. The maximum atomic E-state index is 5.45. The number of nitrogens with one attached hydrogen (secondary N) is 1. The van der Waals surface area contributed by atoms with Crippen LogP contribution in [0.5, 0.6) is 11.5 Å². The molecule has 0 aliphatic heterocycles. The monoisotopic (exact) mass is 376 g/mol. The van der Waals surface area contributed by atoms with Crippen LogP contribution in [0.25, 0.3) is 34.2 Å². The zero-order chi connectivity index (χ0) is 19.7. The average molecular weight is 376 g/mol. The van der Waals surface area contributed by atoms with Crippen LogP contribution in [-0.4, -0.2) is 34.6 Å². The second-order valence-electron chi connectivity index (χ2n) is 6.43. The first-order chi connectivity index (χ1) is 13.6. The van der Waals surface area contributed by atoms with Gasteiger partial charge < -0.3 is 14.0 Å². The van der Waals surface area contributed by atoms with Gasteiger partial charge in [0.25, 0.3) is 5.89 Å². The number of benzene rings is 2. The number of aromatic amines is 1. The highest BCUT2D eigenvalue weighted by molar-refractivity contribution is 5.70. The van der Waals surface area contributed by atoms with Crippen LogP contribution in [0.1, 0.15) is 11.1 Å². The van der Waals surface area contributed by atoms with Gasteiger partial charge in [-0.15, -0.1) is 0 Å². The zero-order valence-electron chi connectivity index (χ0n) is 16.1. The number of aromatic nitrogens is 4. The van der Waals surface area contributed by atoms with Crippen molar-refractivity contribution in [3.63, 3.8) is 0 Å². The first-order valence-electron chi connectivity index (χ1n) is 8.79. The van der Waals surface area contributed by atoms with Crippen molar-refractivity contribution in [2.24, 2.45) is 0 Å². The summed E-state index contributed by atoms with van der Waals surface area (Å²) in [6, 6.07) is 13.6. The second-order valence-corrected chi connectivity index (χ2v) is 6.43. The maximum absolute atomic E-state index is 5.45. The molecule has 0 saturated carbocycles. The number of para-hydroxylation sites is 1. The van der Waals surface area contributed by atoms with Gasteiger partial charge in [0.05, 0.1) is 25.5 Å². The minimum Gasteiger partial charge on any atom is -0.493 e. The molecule has 7 nitrogen and oxygen atoms in total. The summed E-state index contributed by atoms with van der Waals surface area (Å²) in [5, 5.41) is 11.4. The number of nitrogens with zero attached hydrogens (tertiary/aromatic N) is 3. The van der Waals surface area contributed by atoms with Crippen LogP contribution in [0.15, 0.2) is 47.0 Å². The van der Waals surface area contributed by atoms with Crippen molar-refractivity contribution in [3.05, 3.63) is 53.6 Å². The van der Waals surface area contributed by atoms with Crippen LogP contribution in [0, 0.1) is 13.8 Å². The lowest BCUT2D eigenvalue weighted by Gasteiger charge is -2.09. The molecule has 0 unspecified atom stereocenters. The number of hydrogen-bond acceptors (Lipinski definition) is 6. The number of ether oxygens (including phenoxy) is 2. The van der Waals surface area contributed by atoms with Crippen molar-refractivity contribution in [3.8, 4) is 45.7 Å². The van der Waals surface area contributed by atoms with Crippen LogP contribution < -0.4 is 9.47 Å². The lowest BCUT2D eigenvalue weighted by molar-refractivity contribution is 0.355. The fraction of sp³-hybridized carbons (Fsp3) is 0.190. The van der Waals surface area contributed by atoms with Gasteiger partial charge >= 0.3 is 0 Å². The Morgan fingerprint density at radius 1 is 0.964 bits per heavy atom. The molecular weight excluding hydrogens is 356 g/mol. The molecule has 4 rings (SSSR count). The Morgan fingerprint density at radius 3 is 2.57 bits per heavy atom. The molecule has 0 bridgehead atoms. The zero-order valence-corrected chi connectivity index (χ0v) is 16.1. The fourth-order valence-electron chi connectivity index (χ4n) is 2.99. The molecule has 7 heteroatoms. The second kappa shape index (κ2) is 7.19. The standard InChI is InChI=1S/C21H20N4O3/c1-12-8-9-14(10-13(12)2)16-11-17(24-23-16)21-22-20(25-28-21)15-6-5-7-18(26-3)19(15)27-4/h5-11H,1-4H3,(H,23,24). The van der Waals surface area contributed by atoms with Crippen LogP contribution in [-0.2, 0) is 0 Å². The number of hydrogen-bond donors (Lipinski definition) is 1. The van der Waals surface area contributed by atoms with Crippen LogP contribution in [0.3, 0.4) is 0 Å².